The third-order valence-electron chi connectivity index (χ3n) is 3.25. The number of sulfone groups is 1. The number of rotatable bonds is 4. The average Bonchev–Trinajstić information content (AvgIpc) is 2.39. The molecule has 0 radical (unpaired) electrons. The summed E-state index contributed by atoms with van der Waals surface area (Å²) in [6.07, 6.45) is 4.24. The number of halogens is 1. The molecule has 5 heteroatoms. The first-order valence-electron chi connectivity index (χ1n) is 6.20. The van der Waals surface area contributed by atoms with Crippen molar-refractivity contribution in [3.63, 3.8) is 0 Å². The predicted octanol–water partition coefficient (Wildman–Crippen LogP) is 2.41. The minimum absolute atomic E-state index is 0. The molecule has 3 nitrogen and oxygen atoms in total. The fourth-order valence-corrected chi connectivity index (χ4v) is 3.62. The van der Waals surface area contributed by atoms with Gasteiger partial charge in [-0.15, -0.1) is 12.4 Å². The zero-order valence-electron chi connectivity index (χ0n) is 10.3. The van der Waals surface area contributed by atoms with Crippen LogP contribution < -0.4 is 5.32 Å². The van der Waals surface area contributed by atoms with Crippen molar-refractivity contribution in [2.75, 3.05) is 12.3 Å². The van der Waals surface area contributed by atoms with Crippen LogP contribution in [0.15, 0.2) is 35.2 Å². The smallest absolute Gasteiger partial charge is 0.178 e. The van der Waals surface area contributed by atoms with Crippen molar-refractivity contribution in [2.24, 2.45) is 0 Å². The lowest BCUT2D eigenvalue weighted by Crippen LogP contribution is -2.35. The maximum atomic E-state index is 12.0. The van der Waals surface area contributed by atoms with Crippen LogP contribution >= 0.6 is 12.4 Å². The maximum absolute atomic E-state index is 12.0. The lowest BCUT2D eigenvalue weighted by molar-refractivity contribution is 0.392. The highest BCUT2D eigenvalue weighted by atomic mass is 35.5. The van der Waals surface area contributed by atoms with Crippen LogP contribution in [0.5, 0.6) is 0 Å². The summed E-state index contributed by atoms with van der Waals surface area (Å²) in [5.41, 5.74) is 0. The fraction of sp³-hybridized carbons (Fsp3) is 0.538. The third kappa shape index (κ3) is 4.26. The number of nitrogens with one attached hydrogen (secondary N) is 1. The maximum Gasteiger partial charge on any atom is 0.178 e. The molecule has 1 N–H and O–H groups in total. The minimum atomic E-state index is -3.10. The van der Waals surface area contributed by atoms with Gasteiger partial charge in [-0.1, -0.05) is 24.6 Å². The lowest BCUT2D eigenvalue weighted by atomic mass is 10.0. The summed E-state index contributed by atoms with van der Waals surface area (Å²) in [4.78, 5) is 0.441. The predicted molar refractivity (Wildman–Crippen MR) is 76.0 cm³/mol. The van der Waals surface area contributed by atoms with Crippen LogP contribution in [-0.2, 0) is 9.84 Å². The zero-order chi connectivity index (χ0) is 12.1. The van der Waals surface area contributed by atoms with Gasteiger partial charge < -0.3 is 5.32 Å². The Morgan fingerprint density at radius 3 is 2.50 bits per heavy atom. The Kier molecular flexibility index (Phi) is 6.12. The highest BCUT2D eigenvalue weighted by molar-refractivity contribution is 7.91. The second kappa shape index (κ2) is 7.12. The highest BCUT2D eigenvalue weighted by Gasteiger charge is 2.18. The Bertz CT molecular complexity index is 441. The van der Waals surface area contributed by atoms with Gasteiger partial charge in [-0.05, 0) is 37.9 Å². The largest absolute Gasteiger partial charge is 0.314 e. The minimum Gasteiger partial charge on any atom is -0.314 e. The zero-order valence-corrected chi connectivity index (χ0v) is 12.0. The van der Waals surface area contributed by atoms with Gasteiger partial charge in [0.1, 0.15) is 0 Å². The van der Waals surface area contributed by atoms with Crippen molar-refractivity contribution >= 4 is 22.2 Å². The van der Waals surface area contributed by atoms with E-state index in [9.17, 15) is 8.42 Å². The monoisotopic (exact) mass is 289 g/mol. The first-order chi connectivity index (χ1) is 8.18. The van der Waals surface area contributed by atoms with Crippen LogP contribution in [0, 0.1) is 0 Å². The molecule has 1 aromatic rings. The number of hydrogen-bond donors (Lipinski definition) is 1. The second-order valence-corrected chi connectivity index (χ2v) is 6.68. The van der Waals surface area contributed by atoms with E-state index in [0.717, 1.165) is 19.4 Å². The number of piperidine rings is 1. The summed E-state index contributed by atoms with van der Waals surface area (Å²) in [5, 5.41) is 3.38. The van der Waals surface area contributed by atoms with E-state index in [1.807, 2.05) is 6.07 Å². The van der Waals surface area contributed by atoms with Gasteiger partial charge >= 0.3 is 0 Å². The topological polar surface area (TPSA) is 46.2 Å². The van der Waals surface area contributed by atoms with Gasteiger partial charge in [-0.2, -0.15) is 0 Å². The molecule has 1 heterocycles. The Balaban J connectivity index is 0.00000162. The van der Waals surface area contributed by atoms with Crippen LogP contribution in [0.1, 0.15) is 25.7 Å². The molecule has 0 aliphatic carbocycles. The van der Waals surface area contributed by atoms with Crippen molar-refractivity contribution in [3.8, 4) is 0 Å². The molecular formula is C13H20ClNO2S. The Morgan fingerprint density at radius 2 is 1.89 bits per heavy atom. The quantitative estimate of drug-likeness (QED) is 0.926. The summed E-state index contributed by atoms with van der Waals surface area (Å²) in [5.74, 6) is 0.245. The molecule has 1 fully saturated rings. The van der Waals surface area contributed by atoms with Gasteiger partial charge in [0.2, 0.25) is 0 Å². The van der Waals surface area contributed by atoms with Crippen LogP contribution in [0.3, 0.4) is 0 Å². The molecular weight excluding hydrogens is 270 g/mol. The molecule has 18 heavy (non-hydrogen) atoms. The molecule has 0 bridgehead atoms. The fourth-order valence-electron chi connectivity index (χ4n) is 2.21. The molecule has 1 unspecified atom stereocenters. The van der Waals surface area contributed by atoms with E-state index in [2.05, 4.69) is 5.32 Å². The van der Waals surface area contributed by atoms with Crippen LogP contribution in [0.25, 0.3) is 0 Å². The van der Waals surface area contributed by atoms with E-state index in [-0.39, 0.29) is 18.2 Å². The van der Waals surface area contributed by atoms with Gasteiger partial charge in [-0.3, -0.25) is 0 Å². The summed E-state index contributed by atoms with van der Waals surface area (Å²) < 4.78 is 24.1. The van der Waals surface area contributed by atoms with E-state index in [4.69, 9.17) is 0 Å². The van der Waals surface area contributed by atoms with E-state index >= 15 is 0 Å². The van der Waals surface area contributed by atoms with Gasteiger partial charge in [0, 0.05) is 6.04 Å². The summed E-state index contributed by atoms with van der Waals surface area (Å²) >= 11 is 0. The van der Waals surface area contributed by atoms with E-state index in [0.29, 0.717) is 10.9 Å². The SMILES string of the molecule is Cl.O=S(=O)(CCC1CCCCN1)c1ccccc1. The molecule has 2 rings (SSSR count). The highest BCUT2D eigenvalue weighted by Crippen LogP contribution is 2.15. The molecule has 0 amide bonds. The van der Waals surface area contributed by atoms with Crippen LogP contribution in [0.2, 0.25) is 0 Å². The molecule has 0 aromatic heterocycles. The molecule has 1 aromatic carbocycles. The summed E-state index contributed by atoms with van der Waals surface area (Å²) in [6.45, 7) is 1.02. The van der Waals surface area contributed by atoms with Crippen LogP contribution in [-0.4, -0.2) is 26.8 Å². The molecule has 1 aliphatic heterocycles. The van der Waals surface area contributed by atoms with Crippen molar-refractivity contribution in [2.45, 2.75) is 36.6 Å². The van der Waals surface area contributed by atoms with E-state index < -0.39 is 9.84 Å². The van der Waals surface area contributed by atoms with E-state index in [1.165, 1.54) is 12.8 Å². The average molecular weight is 290 g/mol. The van der Waals surface area contributed by atoms with Gasteiger partial charge in [0.15, 0.2) is 9.84 Å². The molecule has 0 saturated carbocycles. The molecule has 1 atom stereocenters. The van der Waals surface area contributed by atoms with Gasteiger partial charge in [-0.25, -0.2) is 8.42 Å². The molecule has 1 saturated heterocycles. The van der Waals surface area contributed by atoms with E-state index in [1.54, 1.807) is 24.3 Å². The van der Waals surface area contributed by atoms with Crippen molar-refractivity contribution in [1.82, 2.24) is 5.32 Å². The Labute approximate surface area is 115 Å². The standard InChI is InChI=1S/C13H19NO2S.ClH/c15-17(16,13-7-2-1-3-8-13)11-9-12-6-4-5-10-14-12;/h1-3,7-8,12,14H,4-6,9-11H2;1H. The number of benzene rings is 1. The molecule has 1 aliphatic rings. The first kappa shape index (κ1) is 15.5. The molecule has 102 valence electrons. The van der Waals surface area contributed by atoms with Crippen molar-refractivity contribution < 1.29 is 8.42 Å². The second-order valence-electron chi connectivity index (χ2n) is 4.57. The lowest BCUT2D eigenvalue weighted by Gasteiger charge is -2.23. The van der Waals surface area contributed by atoms with Gasteiger partial charge in [0.05, 0.1) is 10.6 Å². The Morgan fingerprint density at radius 1 is 1.17 bits per heavy atom. The van der Waals surface area contributed by atoms with Crippen molar-refractivity contribution in [3.05, 3.63) is 30.3 Å². The summed E-state index contributed by atoms with van der Waals surface area (Å²) in [6, 6.07) is 9.09. The molecule has 0 spiro atoms. The summed E-state index contributed by atoms with van der Waals surface area (Å²) in [7, 11) is -3.10. The van der Waals surface area contributed by atoms with Crippen LogP contribution in [0.4, 0.5) is 0 Å². The Hall–Kier alpha value is -0.580. The third-order valence-corrected chi connectivity index (χ3v) is 5.01. The normalized spacial score (nSPS) is 20.1. The first-order valence-corrected chi connectivity index (χ1v) is 7.85. The van der Waals surface area contributed by atoms with Crippen molar-refractivity contribution in [1.29, 1.82) is 0 Å². The number of hydrogen-bond acceptors (Lipinski definition) is 3. The van der Waals surface area contributed by atoms with Gasteiger partial charge in [0.25, 0.3) is 0 Å².